The molecule has 1 aliphatic carbocycles. The number of carbonyl (C=O) groups excluding carboxylic acids is 1. The summed E-state index contributed by atoms with van der Waals surface area (Å²) in [5.41, 5.74) is 3.11. The van der Waals surface area contributed by atoms with Crippen LogP contribution in [0.25, 0.3) is 0 Å². The molecule has 2 aliphatic rings. The Morgan fingerprint density at radius 2 is 2.00 bits per heavy atom. The van der Waals surface area contributed by atoms with Gasteiger partial charge in [0.05, 0.1) is 5.38 Å². The fourth-order valence-electron chi connectivity index (χ4n) is 3.62. The number of carbonyl (C=O) groups is 1. The Bertz CT molecular complexity index is 520. The number of hydrogen-bond donors (Lipinski definition) is 1. The van der Waals surface area contributed by atoms with Crippen LogP contribution in [0.3, 0.4) is 0 Å². The molecule has 1 saturated carbocycles. The van der Waals surface area contributed by atoms with Crippen LogP contribution in [0, 0.1) is 11.8 Å². The summed E-state index contributed by atoms with van der Waals surface area (Å²) in [4.78, 5) is 12.1. The minimum atomic E-state index is 0.0406. The van der Waals surface area contributed by atoms with Crippen LogP contribution in [-0.2, 0) is 6.42 Å². The van der Waals surface area contributed by atoms with Gasteiger partial charge in [0.25, 0.3) is 5.91 Å². The second-order valence-electron chi connectivity index (χ2n) is 6.70. The standard InChI is InChI=1S/C18H24ClNO/c1-12-4-6-14(7-5-12)17(19)15-9-8-13-3-2-10-20-18(21)16(13)11-15/h8-9,11-12,14,17H,2-7,10H2,1H3,(H,20,21). The summed E-state index contributed by atoms with van der Waals surface area (Å²) in [6.45, 7) is 3.10. The van der Waals surface area contributed by atoms with Gasteiger partial charge in [0.2, 0.25) is 0 Å². The van der Waals surface area contributed by atoms with Crippen LogP contribution in [0.15, 0.2) is 18.2 Å². The summed E-state index contributed by atoms with van der Waals surface area (Å²) in [5.74, 6) is 1.45. The molecule has 0 saturated heterocycles. The van der Waals surface area contributed by atoms with Crippen molar-refractivity contribution in [1.82, 2.24) is 5.32 Å². The third-order valence-electron chi connectivity index (χ3n) is 5.08. The Labute approximate surface area is 132 Å². The maximum absolute atomic E-state index is 12.1. The lowest BCUT2D eigenvalue weighted by molar-refractivity contribution is 0.0956. The van der Waals surface area contributed by atoms with Crippen molar-refractivity contribution in [3.8, 4) is 0 Å². The highest BCUT2D eigenvalue weighted by atomic mass is 35.5. The molecule has 1 aromatic carbocycles. The highest BCUT2D eigenvalue weighted by Crippen LogP contribution is 2.40. The van der Waals surface area contributed by atoms with Crippen LogP contribution >= 0.6 is 11.6 Å². The second kappa shape index (κ2) is 6.39. The Balaban J connectivity index is 1.81. The van der Waals surface area contributed by atoms with Gasteiger partial charge in [-0.05, 0) is 54.7 Å². The molecule has 1 atom stereocenters. The maximum atomic E-state index is 12.1. The third-order valence-corrected chi connectivity index (χ3v) is 5.69. The van der Waals surface area contributed by atoms with Crippen molar-refractivity contribution in [2.45, 2.75) is 50.8 Å². The minimum Gasteiger partial charge on any atom is -0.352 e. The van der Waals surface area contributed by atoms with Gasteiger partial charge in [0.1, 0.15) is 0 Å². The highest BCUT2D eigenvalue weighted by Gasteiger charge is 2.27. The number of alkyl halides is 1. The molecule has 3 rings (SSSR count). The molecule has 1 amide bonds. The van der Waals surface area contributed by atoms with Crippen LogP contribution in [0.1, 0.15) is 65.9 Å². The van der Waals surface area contributed by atoms with Gasteiger partial charge >= 0.3 is 0 Å². The third kappa shape index (κ3) is 3.26. The fraction of sp³-hybridized carbons (Fsp3) is 0.611. The van der Waals surface area contributed by atoms with Crippen LogP contribution < -0.4 is 5.32 Å². The van der Waals surface area contributed by atoms with E-state index in [-0.39, 0.29) is 11.3 Å². The number of halogens is 1. The minimum absolute atomic E-state index is 0.0406. The molecule has 1 aliphatic heterocycles. The summed E-state index contributed by atoms with van der Waals surface area (Å²) in [6, 6.07) is 6.27. The van der Waals surface area contributed by atoms with E-state index in [0.29, 0.717) is 5.92 Å². The van der Waals surface area contributed by atoms with E-state index in [2.05, 4.69) is 24.4 Å². The Kier molecular flexibility index (Phi) is 4.54. The maximum Gasteiger partial charge on any atom is 0.251 e. The SMILES string of the molecule is CC1CCC(C(Cl)c2ccc3c(c2)C(=O)NCCC3)CC1. The Morgan fingerprint density at radius 1 is 1.24 bits per heavy atom. The number of benzene rings is 1. The lowest BCUT2D eigenvalue weighted by Gasteiger charge is -2.30. The molecule has 114 valence electrons. The van der Waals surface area contributed by atoms with Gasteiger partial charge in [-0.3, -0.25) is 4.79 Å². The van der Waals surface area contributed by atoms with E-state index >= 15 is 0 Å². The van der Waals surface area contributed by atoms with Crippen LogP contribution in [0.5, 0.6) is 0 Å². The first-order valence-electron chi connectivity index (χ1n) is 8.20. The molecule has 2 nitrogen and oxygen atoms in total. The monoisotopic (exact) mass is 305 g/mol. The summed E-state index contributed by atoms with van der Waals surface area (Å²) >= 11 is 6.73. The van der Waals surface area contributed by atoms with Gasteiger partial charge in [0, 0.05) is 12.1 Å². The average molecular weight is 306 g/mol. The number of rotatable bonds is 2. The number of aryl methyl sites for hydroxylation is 1. The number of amides is 1. The lowest BCUT2D eigenvalue weighted by atomic mass is 9.79. The van der Waals surface area contributed by atoms with Gasteiger partial charge in [-0.15, -0.1) is 11.6 Å². The first-order chi connectivity index (χ1) is 10.1. The smallest absolute Gasteiger partial charge is 0.251 e. The summed E-state index contributed by atoms with van der Waals surface area (Å²) in [7, 11) is 0. The first-order valence-corrected chi connectivity index (χ1v) is 8.64. The van der Waals surface area contributed by atoms with E-state index in [4.69, 9.17) is 11.6 Å². The van der Waals surface area contributed by atoms with Crippen molar-refractivity contribution in [2.24, 2.45) is 11.8 Å². The van der Waals surface area contributed by atoms with Gasteiger partial charge in [0.15, 0.2) is 0 Å². The second-order valence-corrected chi connectivity index (χ2v) is 7.17. The molecule has 0 radical (unpaired) electrons. The fourth-order valence-corrected chi connectivity index (χ4v) is 4.01. The molecule has 0 aromatic heterocycles. The van der Waals surface area contributed by atoms with E-state index in [1.54, 1.807) is 0 Å². The van der Waals surface area contributed by atoms with Crippen LogP contribution in [0.4, 0.5) is 0 Å². The molecule has 0 spiro atoms. The van der Waals surface area contributed by atoms with Crippen molar-refractivity contribution in [1.29, 1.82) is 0 Å². The lowest BCUT2D eigenvalue weighted by Crippen LogP contribution is -2.23. The quantitative estimate of drug-likeness (QED) is 0.803. The summed E-state index contributed by atoms with van der Waals surface area (Å²) in [6.07, 6.45) is 6.96. The molecule has 1 unspecified atom stereocenters. The van der Waals surface area contributed by atoms with E-state index in [1.165, 1.54) is 25.7 Å². The normalized spacial score (nSPS) is 27.4. The van der Waals surface area contributed by atoms with Crippen LogP contribution in [-0.4, -0.2) is 12.5 Å². The first kappa shape index (κ1) is 14.9. The van der Waals surface area contributed by atoms with Crippen molar-refractivity contribution in [3.05, 3.63) is 34.9 Å². The number of nitrogens with one attached hydrogen (secondary N) is 1. The van der Waals surface area contributed by atoms with Crippen molar-refractivity contribution in [3.63, 3.8) is 0 Å². The predicted octanol–water partition coefficient (Wildman–Crippen LogP) is 4.47. The predicted molar refractivity (Wildman–Crippen MR) is 86.8 cm³/mol. The van der Waals surface area contributed by atoms with Crippen molar-refractivity contribution >= 4 is 17.5 Å². The largest absolute Gasteiger partial charge is 0.352 e. The molecule has 1 heterocycles. The Morgan fingerprint density at radius 3 is 2.76 bits per heavy atom. The van der Waals surface area contributed by atoms with Gasteiger partial charge in [-0.1, -0.05) is 31.9 Å². The van der Waals surface area contributed by atoms with E-state index < -0.39 is 0 Å². The van der Waals surface area contributed by atoms with Crippen molar-refractivity contribution < 1.29 is 4.79 Å². The molecule has 21 heavy (non-hydrogen) atoms. The van der Waals surface area contributed by atoms with Gasteiger partial charge in [-0.2, -0.15) is 0 Å². The number of hydrogen-bond acceptors (Lipinski definition) is 1. The molecule has 3 heteroatoms. The molecule has 0 bridgehead atoms. The van der Waals surface area contributed by atoms with Gasteiger partial charge in [-0.25, -0.2) is 0 Å². The molecule has 1 aromatic rings. The molecular formula is C18H24ClNO. The Hall–Kier alpha value is -1.02. The summed E-state index contributed by atoms with van der Waals surface area (Å²) in [5, 5.41) is 3.01. The van der Waals surface area contributed by atoms with E-state index in [9.17, 15) is 4.79 Å². The van der Waals surface area contributed by atoms with Gasteiger partial charge < -0.3 is 5.32 Å². The van der Waals surface area contributed by atoms with Crippen molar-refractivity contribution in [2.75, 3.05) is 6.54 Å². The zero-order valence-corrected chi connectivity index (χ0v) is 13.5. The molecular weight excluding hydrogens is 282 g/mol. The molecule has 1 N–H and O–H groups in total. The highest BCUT2D eigenvalue weighted by molar-refractivity contribution is 6.21. The topological polar surface area (TPSA) is 29.1 Å². The average Bonchev–Trinajstić information content (AvgIpc) is 2.69. The zero-order chi connectivity index (χ0) is 14.8. The van der Waals surface area contributed by atoms with Crippen LogP contribution in [0.2, 0.25) is 0 Å². The van der Waals surface area contributed by atoms with E-state index in [1.807, 2.05) is 6.07 Å². The molecule has 1 fully saturated rings. The zero-order valence-electron chi connectivity index (χ0n) is 12.7. The number of fused-ring (bicyclic) bond motifs is 1. The summed E-state index contributed by atoms with van der Waals surface area (Å²) < 4.78 is 0. The van der Waals surface area contributed by atoms with E-state index in [0.717, 1.165) is 42.0 Å².